The van der Waals surface area contributed by atoms with Gasteiger partial charge in [-0.25, -0.2) is 0 Å². The lowest BCUT2D eigenvalue weighted by molar-refractivity contribution is -0.116. The van der Waals surface area contributed by atoms with Gasteiger partial charge in [0.05, 0.1) is 19.9 Å². The molecule has 3 amide bonds. The molecule has 0 radical (unpaired) electrons. The van der Waals surface area contributed by atoms with E-state index in [1.807, 2.05) is 72.8 Å². The lowest BCUT2D eigenvalue weighted by Gasteiger charge is -2.19. The van der Waals surface area contributed by atoms with Crippen molar-refractivity contribution in [2.45, 2.75) is 10.1 Å². The zero-order valence-corrected chi connectivity index (χ0v) is 28.5. The van der Waals surface area contributed by atoms with Crippen LogP contribution in [0, 0.1) is 0 Å². The van der Waals surface area contributed by atoms with Gasteiger partial charge in [-0.05, 0) is 77.9 Å². The summed E-state index contributed by atoms with van der Waals surface area (Å²) >= 11 is 4.79. The molecule has 5 aromatic rings. The van der Waals surface area contributed by atoms with Crippen molar-refractivity contribution in [2.24, 2.45) is 0 Å². The van der Waals surface area contributed by atoms with Gasteiger partial charge >= 0.3 is 0 Å². The Morgan fingerprint density at radius 3 is 2.06 bits per heavy atom. The Balaban J connectivity index is 1.33. The maximum atomic E-state index is 13.7. The maximum Gasteiger partial charge on any atom is 0.272 e. The highest BCUT2D eigenvalue weighted by molar-refractivity contribution is 9.10. The van der Waals surface area contributed by atoms with Crippen LogP contribution in [0.5, 0.6) is 11.5 Å². The maximum absolute atomic E-state index is 13.7. The van der Waals surface area contributed by atoms with E-state index in [4.69, 9.17) is 9.47 Å². The van der Waals surface area contributed by atoms with E-state index in [-0.39, 0.29) is 11.6 Å². The number of anilines is 2. The van der Waals surface area contributed by atoms with Crippen LogP contribution in [0.4, 0.5) is 11.4 Å². The van der Waals surface area contributed by atoms with Crippen molar-refractivity contribution in [3.63, 3.8) is 0 Å². The molecule has 0 spiro atoms. The number of amides is 3. The highest BCUT2D eigenvalue weighted by Gasteiger charge is 2.24. The first-order chi connectivity index (χ1) is 23.3. The van der Waals surface area contributed by atoms with E-state index in [2.05, 4.69) is 31.9 Å². The van der Waals surface area contributed by atoms with E-state index in [0.29, 0.717) is 28.4 Å². The number of hydrogen-bond acceptors (Lipinski definition) is 6. The quantitative estimate of drug-likeness (QED) is 0.0884. The molecule has 5 rings (SSSR count). The molecule has 1 atom stereocenters. The third-order valence-electron chi connectivity index (χ3n) is 7.08. The molecule has 5 aromatic carbocycles. The Kier molecular flexibility index (Phi) is 11.7. The molecule has 0 fully saturated rings. The topological polar surface area (TPSA) is 106 Å². The van der Waals surface area contributed by atoms with Crippen LogP contribution in [0.25, 0.3) is 6.08 Å². The fourth-order valence-electron chi connectivity index (χ4n) is 4.62. The Hall–Kier alpha value is -5.32. The van der Waals surface area contributed by atoms with Crippen LogP contribution in [0.15, 0.2) is 142 Å². The smallest absolute Gasteiger partial charge is 0.272 e. The number of methoxy groups -OCH3 is 2. The molecule has 0 saturated heterocycles. The molecular formula is C38H32BrN3O5S. The first kappa shape index (κ1) is 34.0. The molecule has 1 unspecified atom stereocenters. The second kappa shape index (κ2) is 16.5. The third kappa shape index (κ3) is 9.15. The fourth-order valence-corrected chi connectivity index (χ4v) is 5.91. The second-order valence-electron chi connectivity index (χ2n) is 10.4. The van der Waals surface area contributed by atoms with Crippen molar-refractivity contribution in [3.05, 3.63) is 154 Å². The average Bonchev–Trinajstić information content (AvgIpc) is 3.12. The Morgan fingerprint density at radius 2 is 1.42 bits per heavy atom. The van der Waals surface area contributed by atoms with Gasteiger partial charge in [0.25, 0.3) is 11.8 Å². The molecule has 0 aliphatic rings. The van der Waals surface area contributed by atoms with Gasteiger partial charge in [-0.2, -0.15) is 0 Å². The molecular weight excluding hydrogens is 690 g/mol. The van der Waals surface area contributed by atoms with Crippen molar-refractivity contribution in [1.82, 2.24) is 5.32 Å². The molecule has 0 heterocycles. The van der Waals surface area contributed by atoms with Gasteiger partial charge in [0.2, 0.25) is 5.91 Å². The van der Waals surface area contributed by atoms with Gasteiger partial charge in [0, 0.05) is 26.7 Å². The molecule has 242 valence electrons. The van der Waals surface area contributed by atoms with E-state index < -0.39 is 17.1 Å². The van der Waals surface area contributed by atoms with E-state index in [9.17, 15) is 14.4 Å². The average molecular weight is 723 g/mol. The monoisotopic (exact) mass is 721 g/mol. The normalized spacial score (nSPS) is 11.6. The highest BCUT2D eigenvalue weighted by Crippen LogP contribution is 2.38. The van der Waals surface area contributed by atoms with Crippen LogP contribution in [0.2, 0.25) is 0 Å². The second-order valence-corrected chi connectivity index (χ2v) is 12.5. The summed E-state index contributed by atoms with van der Waals surface area (Å²) in [6.07, 6.45) is 1.62. The van der Waals surface area contributed by atoms with Crippen LogP contribution >= 0.6 is 27.7 Å². The van der Waals surface area contributed by atoms with Gasteiger partial charge < -0.3 is 25.4 Å². The molecule has 10 heteroatoms. The molecule has 3 N–H and O–H groups in total. The van der Waals surface area contributed by atoms with Crippen molar-refractivity contribution in [1.29, 1.82) is 0 Å². The summed E-state index contributed by atoms with van der Waals surface area (Å²) in [5.74, 6) is -0.0338. The van der Waals surface area contributed by atoms with Gasteiger partial charge in [-0.1, -0.05) is 76.6 Å². The number of nitrogens with one attached hydrogen (secondary N) is 3. The van der Waals surface area contributed by atoms with Crippen LogP contribution in [0.3, 0.4) is 0 Å². The van der Waals surface area contributed by atoms with Crippen LogP contribution in [-0.2, 0) is 9.59 Å². The Morgan fingerprint density at radius 1 is 0.750 bits per heavy atom. The zero-order chi connectivity index (χ0) is 33.9. The third-order valence-corrected chi connectivity index (χ3v) is 8.88. The SMILES string of the molecule is COc1ccc(NC(=O)C(Sc2ccc(NC(=O)/C(=C/c3ccc(Br)cc3)NC(=O)c3ccccc3)cc2)c2ccccc2)c(OC)c1. The highest BCUT2D eigenvalue weighted by atomic mass is 79.9. The summed E-state index contributed by atoms with van der Waals surface area (Å²) in [6.45, 7) is 0. The number of benzene rings is 5. The lowest BCUT2D eigenvalue weighted by atomic mass is 10.1. The van der Waals surface area contributed by atoms with Crippen LogP contribution in [0.1, 0.15) is 26.7 Å². The number of halogens is 1. The van der Waals surface area contributed by atoms with E-state index in [1.165, 1.54) is 18.9 Å². The number of thioether (sulfide) groups is 1. The molecule has 0 bridgehead atoms. The standard InChI is InChI=1S/C38H32BrN3O5S/c1-46-30-19-22-32(34(24-30)47-2)41-38(45)35(26-9-5-3-6-10-26)48-31-20-17-29(18-21-31)40-37(44)33(23-25-13-15-28(39)16-14-25)42-36(43)27-11-7-4-8-12-27/h3-24,35H,1-2H3,(H,40,44)(H,41,45)(H,42,43)/b33-23-. The molecule has 0 saturated carbocycles. The van der Waals surface area contributed by atoms with E-state index >= 15 is 0 Å². The molecule has 0 aliphatic heterocycles. The minimum atomic E-state index is -0.591. The van der Waals surface area contributed by atoms with Crippen molar-refractivity contribution < 1.29 is 23.9 Å². The minimum Gasteiger partial charge on any atom is -0.497 e. The van der Waals surface area contributed by atoms with E-state index in [1.54, 1.807) is 67.8 Å². The Bertz CT molecular complexity index is 1900. The predicted molar refractivity (Wildman–Crippen MR) is 194 cm³/mol. The summed E-state index contributed by atoms with van der Waals surface area (Å²) in [5.41, 5.74) is 3.11. The molecule has 48 heavy (non-hydrogen) atoms. The largest absolute Gasteiger partial charge is 0.497 e. The van der Waals surface area contributed by atoms with Crippen molar-refractivity contribution in [2.75, 3.05) is 24.9 Å². The summed E-state index contributed by atoms with van der Waals surface area (Å²) < 4.78 is 11.6. The summed E-state index contributed by atoms with van der Waals surface area (Å²) in [5, 5.41) is 8.03. The summed E-state index contributed by atoms with van der Waals surface area (Å²) in [7, 11) is 3.10. The zero-order valence-electron chi connectivity index (χ0n) is 26.1. The summed E-state index contributed by atoms with van der Waals surface area (Å²) in [4.78, 5) is 40.9. The lowest BCUT2D eigenvalue weighted by Crippen LogP contribution is -2.30. The van der Waals surface area contributed by atoms with Crippen LogP contribution in [-0.4, -0.2) is 31.9 Å². The van der Waals surface area contributed by atoms with Crippen LogP contribution < -0.4 is 25.4 Å². The number of carbonyl (C=O) groups is 3. The first-order valence-electron chi connectivity index (χ1n) is 14.8. The molecule has 8 nitrogen and oxygen atoms in total. The van der Waals surface area contributed by atoms with Gasteiger partial charge in [-0.15, -0.1) is 11.8 Å². The van der Waals surface area contributed by atoms with Gasteiger partial charge in [0.15, 0.2) is 0 Å². The molecule has 0 aromatic heterocycles. The van der Waals surface area contributed by atoms with Gasteiger partial charge in [0.1, 0.15) is 22.4 Å². The Labute approximate surface area is 291 Å². The predicted octanol–water partition coefficient (Wildman–Crippen LogP) is 8.35. The van der Waals surface area contributed by atoms with Crippen molar-refractivity contribution in [3.8, 4) is 11.5 Å². The summed E-state index contributed by atoms with van der Waals surface area (Å²) in [6, 6.07) is 37.9. The fraction of sp³-hybridized carbons (Fsp3) is 0.0789. The number of rotatable bonds is 12. The van der Waals surface area contributed by atoms with Crippen molar-refractivity contribution >= 4 is 62.9 Å². The van der Waals surface area contributed by atoms with E-state index in [0.717, 1.165) is 20.5 Å². The number of ether oxygens (including phenoxy) is 2. The first-order valence-corrected chi connectivity index (χ1v) is 16.5. The minimum absolute atomic E-state index is 0.0828. The number of hydrogen-bond donors (Lipinski definition) is 3. The number of carbonyl (C=O) groups excluding carboxylic acids is 3. The molecule has 0 aliphatic carbocycles. The van der Waals surface area contributed by atoms with Gasteiger partial charge in [-0.3, -0.25) is 14.4 Å².